The second-order valence-corrected chi connectivity index (χ2v) is 6.36. The lowest BCUT2D eigenvalue weighted by molar-refractivity contribution is -0.0498. The Morgan fingerprint density at radius 1 is 1.35 bits per heavy atom. The van der Waals surface area contributed by atoms with E-state index in [9.17, 15) is 8.78 Å². The number of hydrogen-bond acceptors (Lipinski definition) is 5. The lowest BCUT2D eigenvalue weighted by atomic mass is 10.2. The van der Waals surface area contributed by atoms with Crippen molar-refractivity contribution >= 4 is 23.3 Å². The highest BCUT2D eigenvalue weighted by atomic mass is 32.2. The van der Waals surface area contributed by atoms with Crippen LogP contribution in [0.25, 0.3) is 0 Å². The lowest BCUT2D eigenvalue weighted by Crippen LogP contribution is -2.01. The van der Waals surface area contributed by atoms with E-state index in [0.717, 1.165) is 15.7 Å². The number of aromatic nitrogens is 2. The molecule has 0 unspecified atom stereocenters. The molecule has 0 N–H and O–H groups in total. The van der Waals surface area contributed by atoms with Crippen molar-refractivity contribution in [1.29, 1.82) is 0 Å². The van der Waals surface area contributed by atoms with Crippen molar-refractivity contribution in [1.82, 2.24) is 9.36 Å². The Balaban J connectivity index is 1.96. The third kappa shape index (κ3) is 4.42. The SMILES string of the molecule is CC(C)c1nsc(SCc2cccc(OC(F)F)c2)n1. The minimum absolute atomic E-state index is 0.179. The Morgan fingerprint density at radius 3 is 2.80 bits per heavy atom. The molecule has 2 rings (SSSR count). The van der Waals surface area contributed by atoms with Crippen LogP contribution in [0.5, 0.6) is 5.75 Å². The van der Waals surface area contributed by atoms with Crippen LogP contribution in [0.4, 0.5) is 8.78 Å². The Hall–Kier alpha value is -1.21. The minimum atomic E-state index is -2.80. The highest BCUT2D eigenvalue weighted by molar-refractivity contribution is 8.00. The smallest absolute Gasteiger partial charge is 0.387 e. The summed E-state index contributed by atoms with van der Waals surface area (Å²) in [6.07, 6.45) is 0. The van der Waals surface area contributed by atoms with E-state index in [-0.39, 0.29) is 5.75 Å². The predicted molar refractivity (Wildman–Crippen MR) is 76.6 cm³/mol. The Kier molecular flexibility index (Phi) is 5.31. The number of rotatable bonds is 6. The fraction of sp³-hybridized carbons (Fsp3) is 0.385. The third-order valence-electron chi connectivity index (χ3n) is 2.43. The number of halogens is 2. The van der Waals surface area contributed by atoms with Crippen molar-refractivity contribution in [3.05, 3.63) is 35.7 Å². The van der Waals surface area contributed by atoms with Crippen molar-refractivity contribution in [3.63, 3.8) is 0 Å². The van der Waals surface area contributed by atoms with Gasteiger partial charge in [-0.3, -0.25) is 0 Å². The van der Waals surface area contributed by atoms with Gasteiger partial charge in [-0.25, -0.2) is 4.98 Å². The fourth-order valence-electron chi connectivity index (χ4n) is 1.47. The van der Waals surface area contributed by atoms with Gasteiger partial charge in [0.25, 0.3) is 0 Å². The van der Waals surface area contributed by atoms with Gasteiger partial charge >= 0.3 is 6.61 Å². The summed E-state index contributed by atoms with van der Waals surface area (Å²) in [5, 5.41) is 0. The highest BCUT2D eigenvalue weighted by Gasteiger charge is 2.09. The molecule has 0 amide bonds. The van der Waals surface area contributed by atoms with Crippen LogP contribution >= 0.6 is 23.3 Å². The predicted octanol–water partition coefficient (Wildman–Crippen LogP) is 4.56. The molecule has 0 saturated heterocycles. The van der Waals surface area contributed by atoms with Gasteiger partial charge in [-0.1, -0.05) is 37.7 Å². The van der Waals surface area contributed by atoms with E-state index in [1.165, 1.54) is 17.6 Å². The van der Waals surface area contributed by atoms with E-state index in [1.807, 2.05) is 19.9 Å². The van der Waals surface area contributed by atoms with Gasteiger partial charge in [0.1, 0.15) is 11.6 Å². The molecule has 3 nitrogen and oxygen atoms in total. The first-order valence-electron chi connectivity index (χ1n) is 6.04. The Labute approximate surface area is 124 Å². The maximum absolute atomic E-state index is 12.1. The highest BCUT2D eigenvalue weighted by Crippen LogP contribution is 2.27. The maximum Gasteiger partial charge on any atom is 0.387 e. The summed E-state index contributed by atoms with van der Waals surface area (Å²) in [6.45, 7) is 1.29. The van der Waals surface area contributed by atoms with E-state index in [4.69, 9.17) is 0 Å². The van der Waals surface area contributed by atoms with Gasteiger partial charge in [-0.15, -0.1) is 0 Å². The summed E-state index contributed by atoms with van der Waals surface area (Å²) in [5.74, 6) is 1.97. The van der Waals surface area contributed by atoms with Crippen LogP contribution in [-0.4, -0.2) is 16.0 Å². The van der Waals surface area contributed by atoms with Gasteiger partial charge in [0.05, 0.1) is 0 Å². The quantitative estimate of drug-likeness (QED) is 0.732. The van der Waals surface area contributed by atoms with Crippen LogP contribution in [0.15, 0.2) is 28.6 Å². The van der Waals surface area contributed by atoms with Crippen LogP contribution in [-0.2, 0) is 5.75 Å². The van der Waals surface area contributed by atoms with Crippen LogP contribution < -0.4 is 4.74 Å². The van der Waals surface area contributed by atoms with Crippen molar-refractivity contribution in [2.45, 2.75) is 36.5 Å². The summed E-state index contributed by atoms with van der Waals surface area (Å²) in [5.41, 5.74) is 0.912. The monoisotopic (exact) mass is 316 g/mol. The molecule has 0 aliphatic heterocycles. The first kappa shape index (κ1) is 15.2. The van der Waals surface area contributed by atoms with Gasteiger partial charge in [0, 0.05) is 11.7 Å². The largest absolute Gasteiger partial charge is 0.435 e. The van der Waals surface area contributed by atoms with Crippen molar-refractivity contribution in [2.24, 2.45) is 0 Å². The number of alkyl halides is 2. The normalized spacial score (nSPS) is 11.3. The molecule has 1 heterocycles. The van der Waals surface area contributed by atoms with Gasteiger partial charge < -0.3 is 4.74 Å². The van der Waals surface area contributed by atoms with Gasteiger partial charge in [0.2, 0.25) is 0 Å². The Bertz CT molecular complexity index is 561. The lowest BCUT2D eigenvalue weighted by Gasteiger charge is -2.05. The zero-order chi connectivity index (χ0) is 14.5. The number of thioether (sulfide) groups is 1. The zero-order valence-electron chi connectivity index (χ0n) is 11.0. The summed E-state index contributed by atoms with van der Waals surface area (Å²) in [7, 11) is 0. The van der Waals surface area contributed by atoms with Gasteiger partial charge in [-0.2, -0.15) is 13.2 Å². The van der Waals surface area contributed by atoms with Crippen LogP contribution in [0.1, 0.15) is 31.2 Å². The van der Waals surface area contributed by atoms with E-state index < -0.39 is 6.61 Å². The average molecular weight is 316 g/mol. The molecule has 2 aromatic rings. The third-order valence-corrected chi connectivity index (χ3v) is 4.34. The summed E-state index contributed by atoms with van der Waals surface area (Å²) < 4.78 is 33.8. The first-order chi connectivity index (χ1) is 9.54. The maximum atomic E-state index is 12.1. The van der Waals surface area contributed by atoms with E-state index in [0.29, 0.717) is 11.7 Å². The minimum Gasteiger partial charge on any atom is -0.435 e. The van der Waals surface area contributed by atoms with Crippen LogP contribution in [0, 0.1) is 0 Å². The molecule has 108 valence electrons. The Morgan fingerprint density at radius 2 is 2.15 bits per heavy atom. The molecule has 0 fully saturated rings. The number of nitrogens with zero attached hydrogens (tertiary/aromatic N) is 2. The molecule has 20 heavy (non-hydrogen) atoms. The van der Waals surface area contributed by atoms with Crippen molar-refractivity contribution < 1.29 is 13.5 Å². The molecule has 1 aromatic carbocycles. The molecule has 0 aliphatic rings. The number of ether oxygens (including phenoxy) is 1. The van der Waals surface area contributed by atoms with E-state index in [1.54, 1.807) is 23.9 Å². The molecule has 0 saturated carbocycles. The molecule has 0 spiro atoms. The van der Waals surface area contributed by atoms with Gasteiger partial charge in [0.15, 0.2) is 4.34 Å². The second-order valence-electron chi connectivity index (χ2n) is 4.39. The number of benzene rings is 1. The van der Waals surface area contributed by atoms with E-state index in [2.05, 4.69) is 14.1 Å². The topological polar surface area (TPSA) is 35.0 Å². The first-order valence-corrected chi connectivity index (χ1v) is 7.80. The molecular formula is C13H14F2N2OS2. The average Bonchev–Trinajstić information content (AvgIpc) is 2.85. The fourth-order valence-corrected chi connectivity index (χ4v) is 3.15. The molecule has 7 heteroatoms. The molecule has 1 aromatic heterocycles. The summed E-state index contributed by atoms with van der Waals surface area (Å²) >= 11 is 2.90. The van der Waals surface area contributed by atoms with Crippen molar-refractivity contribution in [3.8, 4) is 5.75 Å². The van der Waals surface area contributed by atoms with Gasteiger partial charge in [-0.05, 0) is 29.2 Å². The summed E-state index contributed by atoms with van der Waals surface area (Å²) in [4.78, 5) is 4.41. The summed E-state index contributed by atoms with van der Waals surface area (Å²) in [6, 6.07) is 6.70. The second kappa shape index (κ2) is 6.99. The van der Waals surface area contributed by atoms with Crippen molar-refractivity contribution in [2.75, 3.05) is 0 Å². The van der Waals surface area contributed by atoms with Crippen LogP contribution in [0.2, 0.25) is 0 Å². The molecule has 0 bridgehead atoms. The molecular weight excluding hydrogens is 302 g/mol. The van der Waals surface area contributed by atoms with Crippen LogP contribution in [0.3, 0.4) is 0 Å². The molecule has 0 radical (unpaired) electrons. The van der Waals surface area contributed by atoms with E-state index >= 15 is 0 Å². The number of hydrogen-bond donors (Lipinski definition) is 0. The zero-order valence-corrected chi connectivity index (χ0v) is 12.7. The standard InChI is InChI=1S/C13H14F2N2OS2/c1-8(2)11-16-13(20-17-11)19-7-9-4-3-5-10(6-9)18-12(14)15/h3-6,8,12H,7H2,1-2H3. The molecule has 0 atom stereocenters. The molecule has 0 aliphatic carbocycles.